The molecule has 0 bridgehead atoms. The quantitative estimate of drug-likeness (QED) is 0.734. The number of nitrogens with one attached hydrogen (secondary N) is 1. The van der Waals surface area contributed by atoms with Crippen molar-refractivity contribution in [2.75, 3.05) is 6.54 Å². The van der Waals surface area contributed by atoms with E-state index in [1.807, 2.05) is 12.1 Å². The lowest BCUT2D eigenvalue weighted by Gasteiger charge is -2.12. The van der Waals surface area contributed by atoms with Gasteiger partial charge in [0.1, 0.15) is 11.5 Å². The van der Waals surface area contributed by atoms with Crippen molar-refractivity contribution in [3.63, 3.8) is 0 Å². The summed E-state index contributed by atoms with van der Waals surface area (Å²) < 4.78 is 32.8. The molecule has 1 N–H and O–H groups in total. The van der Waals surface area contributed by atoms with Crippen LogP contribution in [0.25, 0.3) is 0 Å². The van der Waals surface area contributed by atoms with Crippen molar-refractivity contribution in [3.8, 4) is 11.5 Å². The minimum Gasteiger partial charge on any atom is -0.457 e. The lowest BCUT2D eigenvalue weighted by molar-refractivity contribution is 0.455. The van der Waals surface area contributed by atoms with Crippen LogP contribution in [0, 0.1) is 11.6 Å². The van der Waals surface area contributed by atoms with E-state index in [9.17, 15) is 8.78 Å². The van der Waals surface area contributed by atoms with Gasteiger partial charge < -0.3 is 10.1 Å². The average molecular weight is 356 g/mol. The molecule has 21 heavy (non-hydrogen) atoms. The van der Waals surface area contributed by atoms with Crippen molar-refractivity contribution in [2.24, 2.45) is 0 Å². The van der Waals surface area contributed by atoms with Crippen LogP contribution in [0.2, 0.25) is 0 Å². The first kappa shape index (κ1) is 15.9. The molecule has 0 spiro atoms. The maximum atomic E-state index is 13.2. The van der Waals surface area contributed by atoms with Crippen LogP contribution in [-0.4, -0.2) is 6.54 Å². The number of hydrogen-bond acceptors (Lipinski definition) is 2. The first-order valence-corrected chi connectivity index (χ1v) is 7.51. The molecule has 0 fully saturated rings. The topological polar surface area (TPSA) is 21.3 Å². The van der Waals surface area contributed by atoms with Gasteiger partial charge in [-0.3, -0.25) is 0 Å². The normalized spacial score (nSPS) is 10.7. The molecule has 2 nitrogen and oxygen atoms in total. The van der Waals surface area contributed by atoms with E-state index in [4.69, 9.17) is 4.74 Å². The molecule has 2 aromatic carbocycles. The summed E-state index contributed by atoms with van der Waals surface area (Å²) >= 11 is 3.42. The van der Waals surface area contributed by atoms with Gasteiger partial charge in [0, 0.05) is 22.6 Å². The first-order chi connectivity index (χ1) is 10.1. The Labute approximate surface area is 131 Å². The smallest absolute Gasteiger partial charge is 0.162 e. The molecule has 0 aliphatic carbocycles. The van der Waals surface area contributed by atoms with Gasteiger partial charge in [-0.2, -0.15) is 0 Å². The molecule has 2 rings (SSSR count). The summed E-state index contributed by atoms with van der Waals surface area (Å²) in [4.78, 5) is 0. The third-order valence-electron chi connectivity index (χ3n) is 2.88. The molecule has 0 aromatic heterocycles. The Hall–Kier alpha value is -1.46. The van der Waals surface area contributed by atoms with Gasteiger partial charge in [-0.05, 0) is 43.3 Å². The van der Waals surface area contributed by atoms with Gasteiger partial charge in [-0.25, -0.2) is 8.78 Å². The maximum absolute atomic E-state index is 13.2. The van der Waals surface area contributed by atoms with Crippen LogP contribution in [0.3, 0.4) is 0 Å². The van der Waals surface area contributed by atoms with Gasteiger partial charge in [0.25, 0.3) is 0 Å². The molecule has 0 amide bonds. The molecule has 0 aliphatic heterocycles. The maximum Gasteiger partial charge on any atom is 0.162 e. The van der Waals surface area contributed by atoms with Crippen LogP contribution in [0.5, 0.6) is 11.5 Å². The predicted molar refractivity (Wildman–Crippen MR) is 82.6 cm³/mol. The summed E-state index contributed by atoms with van der Waals surface area (Å²) in [7, 11) is 0. The Balaban J connectivity index is 2.19. The van der Waals surface area contributed by atoms with E-state index in [2.05, 4.69) is 28.2 Å². The van der Waals surface area contributed by atoms with Crippen LogP contribution in [0.1, 0.15) is 18.9 Å². The van der Waals surface area contributed by atoms with Gasteiger partial charge in [-0.15, -0.1) is 0 Å². The highest BCUT2D eigenvalue weighted by molar-refractivity contribution is 9.10. The summed E-state index contributed by atoms with van der Waals surface area (Å²) in [5.41, 5.74) is 0.947. The van der Waals surface area contributed by atoms with Crippen LogP contribution in [0.15, 0.2) is 40.9 Å². The van der Waals surface area contributed by atoms with E-state index in [0.717, 1.165) is 35.1 Å². The summed E-state index contributed by atoms with van der Waals surface area (Å²) in [5.74, 6) is -0.918. The minimum atomic E-state index is -0.921. The lowest BCUT2D eigenvalue weighted by atomic mass is 10.2. The van der Waals surface area contributed by atoms with E-state index in [0.29, 0.717) is 12.3 Å². The largest absolute Gasteiger partial charge is 0.457 e. The summed E-state index contributed by atoms with van der Waals surface area (Å²) in [6.07, 6.45) is 1.04. The van der Waals surface area contributed by atoms with Crippen LogP contribution in [-0.2, 0) is 6.54 Å². The third kappa shape index (κ3) is 4.51. The zero-order valence-corrected chi connectivity index (χ0v) is 13.2. The molecule has 112 valence electrons. The highest BCUT2D eigenvalue weighted by atomic mass is 79.9. The molecule has 0 radical (unpaired) electrons. The molecule has 5 heteroatoms. The van der Waals surface area contributed by atoms with E-state index in [-0.39, 0.29) is 5.75 Å². The third-order valence-corrected chi connectivity index (χ3v) is 3.38. The second-order valence-electron chi connectivity index (χ2n) is 4.61. The number of benzene rings is 2. The van der Waals surface area contributed by atoms with Crippen molar-refractivity contribution >= 4 is 15.9 Å². The molecule has 0 atom stereocenters. The highest BCUT2D eigenvalue weighted by Crippen LogP contribution is 2.28. The molecular weight excluding hydrogens is 340 g/mol. The molecule has 2 aromatic rings. The molecular formula is C16H16BrF2NO. The SMILES string of the molecule is CCCNCc1cc(Br)ccc1Oc1ccc(F)c(F)c1. The average Bonchev–Trinajstić information content (AvgIpc) is 2.46. The van der Waals surface area contributed by atoms with Crippen LogP contribution < -0.4 is 10.1 Å². The molecule has 0 saturated heterocycles. The number of hydrogen-bond donors (Lipinski definition) is 1. The summed E-state index contributed by atoms with van der Waals surface area (Å²) in [6, 6.07) is 9.09. The minimum absolute atomic E-state index is 0.271. The Bertz CT molecular complexity index is 619. The van der Waals surface area contributed by atoms with Gasteiger partial charge in [-0.1, -0.05) is 22.9 Å². The molecule has 0 heterocycles. The summed E-state index contributed by atoms with van der Waals surface area (Å²) in [6.45, 7) is 3.63. The van der Waals surface area contributed by atoms with Gasteiger partial charge >= 0.3 is 0 Å². The second kappa shape index (κ2) is 7.52. The number of halogens is 3. The van der Waals surface area contributed by atoms with Crippen molar-refractivity contribution in [1.29, 1.82) is 0 Å². The van der Waals surface area contributed by atoms with Gasteiger partial charge in [0.05, 0.1) is 0 Å². The van der Waals surface area contributed by atoms with E-state index in [1.165, 1.54) is 6.07 Å². The zero-order chi connectivity index (χ0) is 15.2. The summed E-state index contributed by atoms with van der Waals surface area (Å²) in [5, 5.41) is 3.29. The van der Waals surface area contributed by atoms with Crippen LogP contribution >= 0.6 is 15.9 Å². The van der Waals surface area contributed by atoms with Crippen molar-refractivity contribution < 1.29 is 13.5 Å². The van der Waals surface area contributed by atoms with Crippen molar-refractivity contribution in [2.45, 2.75) is 19.9 Å². The lowest BCUT2D eigenvalue weighted by Crippen LogP contribution is -2.14. The number of ether oxygens (including phenoxy) is 1. The highest BCUT2D eigenvalue weighted by Gasteiger charge is 2.08. The number of rotatable bonds is 6. The Morgan fingerprint density at radius 1 is 1.10 bits per heavy atom. The van der Waals surface area contributed by atoms with Gasteiger partial charge in [0.15, 0.2) is 11.6 Å². The molecule has 0 unspecified atom stereocenters. The predicted octanol–water partition coefficient (Wildman–Crippen LogP) is 5.02. The zero-order valence-electron chi connectivity index (χ0n) is 11.6. The fraction of sp³-hybridized carbons (Fsp3) is 0.250. The van der Waals surface area contributed by atoms with Crippen molar-refractivity contribution in [1.82, 2.24) is 5.32 Å². The molecule has 0 aliphatic rings. The standard InChI is InChI=1S/C16H16BrF2NO/c1-2-7-20-10-11-8-12(17)3-6-16(11)21-13-4-5-14(18)15(19)9-13/h3-6,8-9,20H,2,7,10H2,1H3. The fourth-order valence-corrected chi connectivity index (χ4v) is 2.26. The Morgan fingerprint density at radius 2 is 1.90 bits per heavy atom. The fourth-order valence-electron chi connectivity index (χ4n) is 1.85. The van der Waals surface area contributed by atoms with E-state index < -0.39 is 11.6 Å². The molecule has 0 saturated carbocycles. The Kier molecular flexibility index (Phi) is 5.70. The van der Waals surface area contributed by atoms with E-state index in [1.54, 1.807) is 6.07 Å². The van der Waals surface area contributed by atoms with Gasteiger partial charge in [0.2, 0.25) is 0 Å². The van der Waals surface area contributed by atoms with E-state index >= 15 is 0 Å². The van der Waals surface area contributed by atoms with Crippen LogP contribution in [0.4, 0.5) is 8.78 Å². The Morgan fingerprint density at radius 3 is 2.62 bits per heavy atom. The first-order valence-electron chi connectivity index (χ1n) is 6.72. The monoisotopic (exact) mass is 355 g/mol. The second-order valence-corrected chi connectivity index (χ2v) is 5.52. The van der Waals surface area contributed by atoms with Crippen molar-refractivity contribution in [3.05, 3.63) is 58.1 Å².